The molecular formula is C24H28N3O4+. The number of hydrogen-bond donors (Lipinski definition) is 3. The predicted molar refractivity (Wildman–Crippen MR) is 117 cm³/mol. The second-order valence-corrected chi connectivity index (χ2v) is 8.12. The molecule has 0 spiro atoms. The number of H-pyrrole nitrogens is 1. The number of ether oxygens (including phenoxy) is 3. The van der Waals surface area contributed by atoms with Gasteiger partial charge in [-0.05, 0) is 29.3 Å². The number of nitrogens with one attached hydrogen (secondary N) is 3. The average Bonchev–Trinajstić information content (AvgIpc) is 3.45. The minimum absolute atomic E-state index is 0.0561. The van der Waals surface area contributed by atoms with Gasteiger partial charge in [0.15, 0.2) is 11.5 Å². The fraction of sp³-hybridized carbons (Fsp3) is 0.375. The van der Waals surface area contributed by atoms with Crippen LogP contribution in [0.1, 0.15) is 23.5 Å². The van der Waals surface area contributed by atoms with Gasteiger partial charge in [-0.1, -0.05) is 24.3 Å². The molecule has 0 radical (unpaired) electrons. The molecule has 1 saturated heterocycles. The number of quaternary nitrogens is 1. The second kappa shape index (κ2) is 8.99. The lowest BCUT2D eigenvalue weighted by Gasteiger charge is -2.24. The van der Waals surface area contributed by atoms with E-state index in [1.54, 1.807) is 0 Å². The van der Waals surface area contributed by atoms with E-state index < -0.39 is 0 Å². The summed E-state index contributed by atoms with van der Waals surface area (Å²) in [6.07, 6.45) is 2.39. The minimum atomic E-state index is -0.0821. The zero-order valence-electron chi connectivity index (χ0n) is 17.5. The zero-order chi connectivity index (χ0) is 21.0. The van der Waals surface area contributed by atoms with Crippen molar-refractivity contribution in [2.45, 2.75) is 12.3 Å². The summed E-state index contributed by atoms with van der Waals surface area (Å²) >= 11 is 0. The predicted octanol–water partition coefficient (Wildman–Crippen LogP) is 1.45. The molecule has 7 heteroatoms. The van der Waals surface area contributed by atoms with Gasteiger partial charge in [0.2, 0.25) is 12.7 Å². The molecule has 2 aliphatic heterocycles. The van der Waals surface area contributed by atoms with Crippen LogP contribution in [0.4, 0.5) is 0 Å². The van der Waals surface area contributed by atoms with Crippen LogP contribution in [0.2, 0.25) is 0 Å². The Kier molecular flexibility index (Phi) is 5.78. The van der Waals surface area contributed by atoms with Gasteiger partial charge in [-0.15, -0.1) is 0 Å². The first-order valence-corrected chi connectivity index (χ1v) is 10.9. The smallest absolute Gasteiger partial charge is 0.231 e. The SMILES string of the molecule is O=C(C[C@H](c1ccc2c(c1)OCO2)c1c[nH]c2ccccc12)NCC[NH+]1CCOCC1. The summed E-state index contributed by atoms with van der Waals surface area (Å²) in [7, 11) is 0. The highest BCUT2D eigenvalue weighted by Crippen LogP contribution is 2.39. The van der Waals surface area contributed by atoms with Crippen molar-refractivity contribution in [1.82, 2.24) is 10.3 Å². The molecule has 1 amide bonds. The van der Waals surface area contributed by atoms with Gasteiger partial charge in [-0.2, -0.15) is 0 Å². The van der Waals surface area contributed by atoms with E-state index >= 15 is 0 Å². The number of benzene rings is 2. The van der Waals surface area contributed by atoms with E-state index in [0.29, 0.717) is 13.0 Å². The van der Waals surface area contributed by atoms with Gasteiger partial charge < -0.3 is 29.4 Å². The third kappa shape index (κ3) is 4.38. The van der Waals surface area contributed by atoms with Gasteiger partial charge in [0.05, 0.1) is 26.3 Å². The number of carbonyl (C=O) groups is 1. The Balaban J connectivity index is 1.34. The number of carbonyl (C=O) groups excluding carboxylic acids is 1. The Morgan fingerprint density at radius 3 is 2.84 bits per heavy atom. The van der Waals surface area contributed by atoms with Crippen LogP contribution in [0.15, 0.2) is 48.7 Å². The van der Waals surface area contributed by atoms with E-state index in [1.807, 2.05) is 36.5 Å². The van der Waals surface area contributed by atoms with Crippen molar-refractivity contribution in [2.75, 3.05) is 46.2 Å². The van der Waals surface area contributed by atoms with Crippen molar-refractivity contribution in [3.8, 4) is 11.5 Å². The quantitative estimate of drug-likeness (QED) is 0.539. The number of hydrogen-bond acceptors (Lipinski definition) is 4. The maximum Gasteiger partial charge on any atom is 0.231 e. The number of para-hydroxylation sites is 1. The van der Waals surface area contributed by atoms with E-state index in [9.17, 15) is 4.79 Å². The number of rotatable bonds is 7. The van der Waals surface area contributed by atoms with Gasteiger partial charge in [-0.3, -0.25) is 4.79 Å². The van der Waals surface area contributed by atoms with Gasteiger partial charge in [0.1, 0.15) is 13.1 Å². The van der Waals surface area contributed by atoms with E-state index in [4.69, 9.17) is 14.2 Å². The molecule has 7 nitrogen and oxygen atoms in total. The van der Waals surface area contributed by atoms with Gasteiger partial charge in [-0.25, -0.2) is 0 Å². The molecule has 162 valence electrons. The maximum absolute atomic E-state index is 12.9. The summed E-state index contributed by atoms with van der Waals surface area (Å²) < 4.78 is 16.5. The summed E-state index contributed by atoms with van der Waals surface area (Å²) in [4.78, 5) is 17.8. The molecule has 0 aliphatic carbocycles. The van der Waals surface area contributed by atoms with Crippen LogP contribution < -0.4 is 19.7 Å². The molecular weight excluding hydrogens is 394 g/mol. The lowest BCUT2D eigenvalue weighted by atomic mass is 9.87. The molecule has 0 bridgehead atoms. The highest BCUT2D eigenvalue weighted by Gasteiger charge is 2.24. The summed E-state index contributed by atoms with van der Waals surface area (Å²) in [5.74, 6) is 1.46. The van der Waals surface area contributed by atoms with Gasteiger partial charge in [0, 0.05) is 29.4 Å². The van der Waals surface area contributed by atoms with Gasteiger partial charge in [0.25, 0.3) is 0 Å². The Hall–Kier alpha value is -3.03. The summed E-state index contributed by atoms with van der Waals surface area (Å²) in [6, 6.07) is 14.2. The van der Waals surface area contributed by atoms with Crippen LogP contribution in [0.25, 0.3) is 10.9 Å². The molecule has 1 aromatic heterocycles. The van der Waals surface area contributed by atoms with Crippen molar-refractivity contribution >= 4 is 16.8 Å². The lowest BCUT2D eigenvalue weighted by molar-refractivity contribution is -0.906. The molecule has 1 fully saturated rings. The van der Waals surface area contributed by atoms with Crippen molar-refractivity contribution in [3.05, 3.63) is 59.8 Å². The number of fused-ring (bicyclic) bond motifs is 2. The average molecular weight is 423 g/mol. The summed E-state index contributed by atoms with van der Waals surface area (Å²) in [5, 5.41) is 4.26. The summed E-state index contributed by atoms with van der Waals surface area (Å²) in [5.41, 5.74) is 3.23. The maximum atomic E-state index is 12.9. The fourth-order valence-corrected chi connectivity index (χ4v) is 4.47. The van der Waals surface area contributed by atoms with Crippen molar-refractivity contribution in [2.24, 2.45) is 0 Å². The Morgan fingerprint density at radius 1 is 1.10 bits per heavy atom. The third-order valence-corrected chi connectivity index (χ3v) is 6.19. The van der Waals surface area contributed by atoms with Crippen molar-refractivity contribution < 1.29 is 23.9 Å². The van der Waals surface area contributed by atoms with Crippen LogP contribution in [0, 0.1) is 0 Å². The highest BCUT2D eigenvalue weighted by molar-refractivity contribution is 5.86. The van der Waals surface area contributed by atoms with Crippen LogP contribution in [0.3, 0.4) is 0 Å². The van der Waals surface area contributed by atoms with E-state index in [0.717, 1.165) is 66.4 Å². The number of amides is 1. The molecule has 0 unspecified atom stereocenters. The number of aromatic amines is 1. The van der Waals surface area contributed by atoms with Crippen LogP contribution in [-0.2, 0) is 9.53 Å². The standard InChI is InChI=1S/C24H27N3O4/c28-24(25-7-8-27-9-11-29-12-10-27)14-19(17-5-6-22-23(13-17)31-16-30-22)20-15-26-21-4-2-1-3-18(20)21/h1-6,13,15,19,26H,7-12,14,16H2,(H,25,28)/p+1/t19-/m1/s1. The third-order valence-electron chi connectivity index (χ3n) is 6.19. The molecule has 5 rings (SSSR count). The molecule has 0 saturated carbocycles. The zero-order valence-corrected chi connectivity index (χ0v) is 17.5. The molecule has 3 aromatic rings. The van der Waals surface area contributed by atoms with Crippen LogP contribution >= 0.6 is 0 Å². The first-order chi connectivity index (χ1) is 15.3. The Bertz CT molecular complexity index is 1060. The minimum Gasteiger partial charge on any atom is -0.454 e. The van der Waals surface area contributed by atoms with Crippen molar-refractivity contribution in [3.63, 3.8) is 0 Å². The van der Waals surface area contributed by atoms with E-state index in [1.165, 1.54) is 4.90 Å². The number of aromatic nitrogens is 1. The number of morpholine rings is 1. The van der Waals surface area contributed by atoms with Gasteiger partial charge >= 0.3 is 0 Å². The van der Waals surface area contributed by atoms with E-state index in [2.05, 4.69) is 22.4 Å². The molecule has 1 atom stereocenters. The monoisotopic (exact) mass is 422 g/mol. The second-order valence-electron chi connectivity index (χ2n) is 8.12. The Labute approximate surface area is 181 Å². The largest absolute Gasteiger partial charge is 0.454 e. The Morgan fingerprint density at radius 2 is 1.94 bits per heavy atom. The van der Waals surface area contributed by atoms with Crippen LogP contribution in [0.5, 0.6) is 11.5 Å². The van der Waals surface area contributed by atoms with Crippen LogP contribution in [-0.4, -0.2) is 57.1 Å². The van der Waals surface area contributed by atoms with Crippen molar-refractivity contribution in [1.29, 1.82) is 0 Å². The lowest BCUT2D eigenvalue weighted by Crippen LogP contribution is -3.14. The highest BCUT2D eigenvalue weighted by atomic mass is 16.7. The summed E-state index contributed by atoms with van der Waals surface area (Å²) in [6.45, 7) is 5.45. The topological polar surface area (TPSA) is 77.0 Å². The molecule has 3 heterocycles. The molecule has 2 aliphatic rings. The molecule has 31 heavy (non-hydrogen) atoms. The molecule has 2 aromatic carbocycles. The normalized spacial score (nSPS) is 17.0. The first kappa shape index (κ1) is 19.9. The molecule has 3 N–H and O–H groups in total. The fourth-order valence-electron chi connectivity index (χ4n) is 4.47. The van der Waals surface area contributed by atoms with E-state index in [-0.39, 0.29) is 18.6 Å². The first-order valence-electron chi connectivity index (χ1n) is 10.9.